The number of thioether (sulfide) groups is 1. The van der Waals surface area contributed by atoms with E-state index in [2.05, 4.69) is 14.6 Å². The number of hydrogen-bond donors (Lipinski definition) is 1. The molecule has 0 unspecified atom stereocenters. The van der Waals surface area contributed by atoms with Gasteiger partial charge in [-0.25, -0.2) is 0 Å². The summed E-state index contributed by atoms with van der Waals surface area (Å²) in [7, 11) is -3.55. The molecule has 0 spiro atoms. The number of benzene rings is 1. The highest BCUT2D eigenvalue weighted by molar-refractivity contribution is 8.14. The second kappa shape index (κ2) is 5.75. The quantitative estimate of drug-likeness (QED) is 0.925. The molecule has 2 aliphatic heterocycles. The van der Waals surface area contributed by atoms with Crippen LogP contribution in [0.1, 0.15) is 12.8 Å². The number of rotatable bonds is 3. The van der Waals surface area contributed by atoms with Gasteiger partial charge in [-0.05, 0) is 38.1 Å². The standard InChI is InChI=1S/C13H17N3O2S2/c17-20(18)12-6-2-1-5-11(12)14-13(15-20)19-10-9-16-7-3-4-8-16/h1-2,5-6H,3-4,7-10H2,(H,14,15). The minimum atomic E-state index is -3.55. The van der Waals surface area contributed by atoms with Crippen molar-refractivity contribution in [3.63, 3.8) is 0 Å². The highest BCUT2D eigenvalue weighted by Crippen LogP contribution is 2.28. The molecule has 0 aliphatic carbocycles. The van der Waals surface area contributed by atoms with E-state index in [1.165, 1.54) is 24.6 Å². The summed E-state index contributed by atoms with van der Waals surface area (Å²) in [5, 5.41) is 3.57. The maximum Gasteiger partial charge on any atom is 0.286 e. The Kier molecular flexibility index (Phi) is 4.00. The number of nitrogens with one attached hydrogen (secondary N) is 1. The second-order valence-electron chi connectivity index (χ2n) is 4.89. The van der Waals surface area contributed by atoms with Crippen LogP contribution in [0.5, 0.6) is 0 Å². The molecule has 0 radical (unpaired) electrons. The summed E-state index contributed by atoms with van der Waals surface area (Å²) in [6.07, 6.45) is 2.54. The van der Waals surface area contributed by atoms with Crippen molar-refractivity contribution in [3.8, 4) is 0 Å². The largest absolute Gasteiger partial charge is 0.333 e. The number of nitrogens with zero attached hydrogens (tertiary/aromatic N) is 2. The van der Waals surface area contributed by atoms with E-state index in [0.717, 1.165) is 25.4 Å². The Balaban J connectivity index is 1.65. The van der Waals surface area contributed by atoms with Crippen molar-refractivity contribution >= 4 is 32.6 Å². The first kappa shape index (κ1) is 13.9. The lowest BCUT2D eigenvalue weighted by Gasteiger charge is -2.18. The SMILES string of the molecule is O=S1(=O)N=C(SCCN2CCCC2)Nc2ccccc21. The Bertz CT molecular complexity index is 622. The van der Waals surface area contributed by atoms with Crippen LogP contribution in [0.2, 0.25) is 0 Å². The zero-order valence-electron chi connectivity index (χ0n) is 11.1. The van der Waals surface area contributed by atoms with Gasteiger partial charge in [0.15, 0.2) is 5.17 Å². The molecule has 2 heterocycles. The molecule has 2 aliphatic rings. The molecule has 1 saturated heterocycles. The van der Waals surface area contributed by atoms with Crippen molar-refractivity contribution in [2.75, 3.05) is 30.7 Å². The molecular weight excluding hydrogens is 294 g/mol. The third-order valence-corrected chi connectivity index (χ3v) is 5.76. The van der Waals surface area contributed by atoms with Gasteiger partial charge in [0, 0.05) is 12.3 Å². The number of anilines is 1. The van der Waals surface area contributed by atoms with Crippen LogP contribution in [0.15, 0.2) is 33.6 Å². The minimum absolute atomic E-state index is 0.254. The van der Waals surface area contributed by atoms with Gasteiger partial charge in [0.1, 0.15) is 4.90 Å². The van der Waals surface area contributed by atoms with Gasteiger partial charge in [0.2, 0.25) is 0 Å². The molecule has 20 heavy (non-hydrogen) atoms. The predicted octanol–water partition coefficient (Wildman–Crippen LogP) is 1.99. The van der Waals surface area contributed by atoms with Crippen LogP contribution in [0.4, 0.5) is 5.69 Å². The topological polar surface area (TPSA) is 61.8 Å². The smallest absolute Gasteiger partial charge is 0.286 e. The third kappa shape index (κ3) is 2.99. The fourth-order valence-corrected chi connectivity index (χ4v) is 4.67. The second-order valence-corrected chi connectivity index (χ2v) is 7.55. The van der Waals surface area contributed by atoms with Crippen LogP contribution < -0.4 is 5.32 Å². The maximum absolute atomic E-state index is 12.1. The molecule has 1 aromatic rings. The Morgan fingerprint density at radius 2 is 2.00 bits per heavy atom. The average molecular weight is 311 g/mol. The minimum Gasteiger partial charge on any atom is -0.333 e. The van der Waals surface area contributed by atoms with Crippen molar-refractivity contribution in [3.05, 3.63) is 24.3 Å². The number of sulfonamides is 1. The molecule has 1 N–H and O–H groups in total. The van der Waals surface area contributed by atoms with Gasteiger partial charge in [0.05, 0.1) is 5.69 Å². The number of likely N-dealkylation sites (tertiary alicyclic amines) is 1. The number of hydrogen-bond acceptors (Lipinski definition) is 5. The lowest BCUT2D eigenvalue weighted by atomic mass is 10.3. The lowest BCUT2D eigenvalue weighted by molar-refractivity contribution is 0.362. The Morgan fingerprint density at radius 1 is 1.25 bits per heavy atom. The van der Waals surface area contributed by atoms with Gasteiger partial charge < -0.3 is 10.2 Å². The average Bonchev–Trinajstić information content (AvgIpc) is 2.91. The van der Waals surface area contributed by atoms with Crippen LogP contribution >= 0.6 is 11.8 Å². The summed E-state index contributed by atoms with van der Waals surface area (Å²) in [5.41, 5.74) is 0.617. The molecule has 0 saturated carbocycles. The van der Waals surface area contributed by atoms with E-state index < -0.39 is 10.0 Å². The van der Waals surface area contributed by atoms with Crippen molar-refractivity contribution in [2.45, 2.75) is 17.7 Å². The summed E-state index contributed by atoms with van der Waals surface area (Å²) in [6, 6.07) is 6.87. The summed E-state index contributed by atoms with van der Waals surface area (Å²) >= 11 is 1.47. The highest BCUT2D eigenvalue weighted by Gasteiger charge is 2.24. The molecule has 0 aromatic heterocycles. The van der Waals surface area contributed by atoms with Crippen molar-refractivity contribution in [2.24, 2.45) is 4.40 Å². The molecule has 1 aromatic carbocycles. The van der Waals surface area contributed by atoms with Crippen LogP contribution in [0.3, 0.4) is 0 Å². The lowest BCUT2D eigenvalue weighted by Crippen LogP contribution is -2.24. The molecule has 5 nitrogen and oxygen atoms in total. The molecule has 7 heteroatoms. The zero-order chi connectivity index (χ0) is 14.0. The normalized spacial score (nSPS) is 21.1. The predicted molar refractivity (Wildman–Crippen MR) is 82.8 cm³/mol. The van der Waals surface area contributed by atoms with E-state index in [-0.39, 0.29) is 4.90 Å². The van der Waals surface area contributed by atoms with Crippen molar-refractivity contribution < 1.29 is 8.42 Å². The first-order valence-electron chi connectivity index (χ1n) is 6.71. The van der Waals surface area contributed by atoms with Gasteiger partial charge in [-0.1, -0.05) is 23.9 Å². The van der Waals surface area contributed by atoms with Crippen LogP contribution in [0.25, 0.3) is 0 Å². The van der Waals surface area contributed by atoms with Crippen molar-refractivity contribution in [1.29, 1.82) is 0 Å². The zero-order valence-corrected chi connectivity index (χ0v) is 12.7. The molecule has 1 fully saturated rings. The van der Waals surface area contributed by atoms with Crippen LogP contribution in [-0.2, 0) is 10.0 Å². The Labute approximate surface area is 123 Å². The molecule has 108 valence electrons. The number of para-hydroxylation sites is 1. The molecule has 0 bridgehead atoms. The Hall–Kier alpha value is -1.05. The first-order chi connectivity index (χ1) is 9.65. The summed E-state index contributed by atoms with van der Waals surface area (Å²) in [5.74, 6) is 0.851. The third-order valence-electron chi connectivity index (χ3n) is 3.45. The first-order valence-corrected chi connectivity index (χ1v) is 9.14. The van der Waals surface area contributed by atoms with E-state index >= 15 is 0 Å². The number of amidine groups is 1. The summed E-state index contributed by atoms with van der Waals surface area (Å²) in [6.45, 7) is 3.29. The summed E-state index contributed by atoms with van der Waals surface area (Å²) in [4.78, 5) is 2.66. The molecule has 0 amide bonds. The summed E-state index contributed by atoms with van der Waals surface area (Å²) < 4.78 is 27.9. The van der Waals surface area contributed by atoms with Gasteiger partial charge >= 0.3 is 0 Å². The van der Waals surface area contributed by atoms with E-state index in [1.807, 2.05) is 6.07 Å². The van der Waals surface area contributed by atoms with E-state index in [1.54, 1.807) is 18.2 Å². The number of fused-ring (bicyclic) bond motifs is 1. The monoisotopic (exact) mass is 311 g/mol. The molecule has 0 atom stereocenters. The van der Waals surface area contributed by atoms with Gasteiger partial charge in [-0.2, -0.15) is 8.42 Å². The fourth-order valence-electron chi connectivity index (χ4n) is 2.43. The van der Waals surface area contributed by atoms with Gasteiger partial charge in [-0.15, -0.1) is 4.40 Å². The van der Waals surface area contributed by atoms with Crippen LogP contribution in [0, 0.1) is 0 Å². The molecular formula is C13H17N3O2S2. The van der Waals surface area contributed by atoms with Crippen molar-refractivity contribution in [1.82, 2.24) is 4.90 Å². The Morgan fingerprint density at radius 3 is 2.80 bits per heavy atom. The fraction of sp³-hybridized carbons (Fsp3) is 0.462. The van der Waals surface area contributed by atoms with Gasteiger partial charge in [-0.3, -0.25) is 0 Å². The van der Waals surface area contributed by atoms with Crippen LogP contribution in [-0.4, -0.2) is 43.9 Å². The maximum atomic E-state index is 12.1. The van der Waals surface area contributed by atoms with E-state index in [9.17, 15) is 8.42 Å². The van der Waals surface area contributed by atoms with E-state index in [4.69, 9.17) is 0 Å². The molecule has 3 rings (SSSR count). The van der Waals surface area contributed by atoms with Gasteiger partial charge in [0.25, 0.3) is 10.0 Å². The highest BCUT2D eigenvalue weighted by atomic mass is 32.2. The van der Waals surface area contributed by atoms with E-state index in [0.29, 0.717) is 10.9 Å².